The van der Waals surface area contributed by atoms with Crippen LogP contribution in [0.2, 0.25) is 0 Å². The minimum Gasteiger partial charge on any atom is -0.332 e. The van der Waals surface area contributed by atoms with Crippen molar-refractivity contribution in [3.63, 3.8) is 0 Å². The van der Waals surface area contributed by atoms with E-state index in [-0.39, 0.29) is 5.92 Å². The Kier molecular flexibility index (Phi) is 3.69. The standard InChI is InChI=1S/C19H26N2O/c20-12-14-5-3-7-17(14)19(22)21(15-9-10-15)18-11-8-13-4-1-2-6-16(13)18/h1-2,4,6,14-15,17-18H,3,5,7-12,20H2/t14-,17-,18?/m1/s1. The van der Waals surface area contributed by atoms with E-state index in [4.69, 9.17) is 5.73 Å². The normalized spacial score (nSPS) is 30.3. The van der Waals surface area contributed by atoms with Crippen molar-refractivity contribution in [1.82, 2.24) is 4.90 Å². The van der Waals surface area contributed by atoms with E-state index in [0.29, 0.717) is 30.5 Å². The van der Waals surface area contributed by atoms with Gasteiger partial charge in [-0.3, -0.25) is 4.79 Å². The van der Waals surface area contributed by atoms with Crippen molar-refractivity contribution in [3.05, 3.63) is 35.4 Å². The largest absolute Gasteiger partial charge is 0.332 e. The summed E-state index contributed by atoms with van der Waals surface area (Å²) in [5, 5.41) is 0. The fourth-order valence-electron chi connectivity index (χ4n) is 4.60. The average molecular weight is 298 g/mol. The molecular formula is C19H26N2O. The maximum Gasteiger partial charge on any atom is 0.226 e. The highest BCUT2D eigenvalue weighted by molar-refractivity contribution is 5.81. The molecule has 2 N–H and O–H groups in total. The molecule has 1 amide bonds. The SMILES string of the molecule is NC[C@H]1CCC[C@H]1C(=O)N(C1CC1)C1CCc2ccccc21. The molecule has 2 saturated carbocycles. The molecule has 3 aliphatic rings. The Morgan fingerprint density at radius 1 is 1.14 bits per heavy atom. The van der Waals surface area contributed by atoms with Crippen LogP contribution in [-0.4, -0.2) is 23.4 Å². The minimum atomic E-state index is 0.179. The van der Waals surface area contributed by atoms with Gasteiger partial charge in [-0.2, -0.15) is 0 Å². The molecule has 118 valence electrons. The molecule has 1 aromatic carbocycles. The van der Waals surface area contributed by atoms with Crippen molar-refractivity contribution in [2.45, 2.75) is 57.0 Å². The number of nitrogens with two attached hydrogens (primary N) is 1. The summed E-state index contributed by atoms with van der Waals surface area (Å²) in [7, 11) is 0. The Balaban J connectivity index is 1.61. The summed E-state index contributed by atoms with van der Waals surface area (Å²) in [5.74, 6) is 0.987. The van der Waals surface area contributed by atoms with Crippen LogP contribution >= 0.6 is 0 Å². The molecule has 3 atom stereocenters. The number of aryl methyl sites for hydroxylation is 1. The number of hydrogen-bond donors (Lipinski definition) is 1. The molecule has 0 radical (unpaired) electrons. The Bertz CT molecular complexity index is 566. The number of nitrogens with zero attached hydrogens (tertiary/aromatic N) is 1. The molecule has 3 heteroatoms. The smallest absolute Gasteiger partial charge is 0.226 e. The highest BCUT2D eigenvalue weighted by Crippen LogP contribution is 2.44. The number of carbonyl (C=O) groups excluding carboxylic acids is 1. The summed E-state index contributed by atoms with van der Waals surface area (Å²) in [5.41, 5.74) is 8.74. The molecule has 0 aliphatic heterocycles. The lowest BCUT2D eigenvalue weighted by Gasteiger charge is -2.33. The molecule has 0 aromatic heterocycles. The molecule has 2 fully saturated rings. The third-order valence-corrected chi connectivity index (χ3v) is 5.91. The summed E-state index contributed by atoms with van der Waals surface area (Å²) in [6, 6.07) is 9.49. The first-order chi connectivity index (χ1) is 10.8. The van der Waals surface area contributed by atoms with Gasteiger partial charge in [-0.15, -0.1) is 0 Å². The van der Waals surface area contributed by atoms with Crippen molar-refractivity contribution in [2.75, 3.05) is 6.54 Å². The Morgan fingerprint density at radius 2 is 1.95 bits per heavy atom. The highest BCUT2D eigenvalue weighted by atomic mass is 16.2. The average Bonchev–Trinajstić information content (AvgIpc) is 3.11. The zero-order chi connectivity index (χ0) is 15.1. The second-order valence-electron chi connectivity index (χ2n) is 7.26. The molecule has 22 heavy (non-hydrogen) atoms. The molecular weight excluding hydrogens is 272 g/mol. The fraction of sp³-hybridized carbons (Fsp3) is 0.632. The highest BCUT2D eigenvalue weighted by Gasteiger charge is 2.44. The first kappa shape index (κ1) is 14.3. The monoisotopic (exact) mass is 298 g/mol. The zero-order valence-corrected chi connectivity index (χ0v) is 13.2. The van der Waals surface area contributed by atoms with Gasteiger partial charge in [0.05, 0.1) is 6.04 Å². The van der Waals surface area contributed by atoms with E-state index < -0.39 is 0 Å². The van der Waals surface area contributed by atoms with Crippen LogP contribution in [0.1, 0.15) is 55.7 Å². The number of rotatable bonds is 4. The van der Waals surface area contributed by atoms with Crippen LogP contribution in [0.15, 0.2) is 24.3 Å². The molecule has 0 heterocycles. The van der Waals surface area contributed by atoms with Crippen molar-refractivity contribution in [1.29, 1.82) is 0 Å². The Labute approximate surface area is 132 Å². The first-order valence-corrected chi connectivity index (χ1v) is 8.89. The molecule has 0 bridgehead atoms. The Hall–Kier alpha value is -1.35. The van der Waals surface area contributed by atoms with E-state index in [2.05, 4.69) is 29.2 Å². The van der Waals surface area contributed by atoms with Crippen molar-refractivity contribution in [2.24, 2.45) is 17.6 Å². The second-order valence-corrected chi connectivity index (χ2v) is 7.26. The van der Waals surface area contributed by atoms with Crippen molar-refractivity contribution in [3.8, 4) is 0 Å². The van der Waals surface area contributed by atoms with Gasteiger partial charge in [-0.25, -0.2) is 0 Å². The van der Waals surface area contributed by atoms with Crippen LogP contribution in [-0.2, 0) is 11.2 Å². The number of carbonyl (C=O) groups is 1. The van der Waals surface area contributed by atoms with Crippen LogP contribution in [0.25, 0.3) is 0 Å². The lowest BCUT2D eigenvalue weighted by atomic mass is 9.93. The third kappa shape index (κ3) is 2.36. The Morgan fingerprint density at radius 3 is 2.73 bits per heavy atom. The van der Waals surface area contributed by atoms with Gasteiger partial charge in [0.25, 0.3) is 0 Å². The predicted molar refractivity (Wildman–Crippen MR) is 87.3 cm³/mol. The summed E-state index contributed by atoms with van der Waals surface area (Å²) < 4.78 is 0. The molecule has 1 unspecified atom stereocenters. The molecule has 4 rings (SSSR count). The van der Waals surface area contributed by atoms with Crippen molar-refractivity contribution < 1.29 is 4.79 Å². The van der Waals surface area contributed by atoms with E-state index >= 15 is 0 Å². The van der Waals surface area contributed by atoms with Gasteiger partial charge in [-0.05, 0) is 62.1 Å². The molecule has 3 aliphatic carbocycles. The molecule has 0 spiro atoms. The summed E-state index contributed by atoms with van der Waals surface area (Å²) in [6.07, 6.45) is 7.92. The third-order valence-electron chi connectivity index (χ3n) is 5.91. The second kappa shape index (κ2) is 5.69. The maximum atomic E-state index is 13.3. The first-order valence-electron chi connectivity index (χ1n) is 8.89. The minimum absolute atomic E-state index is 0.179. The lowest BCUT2D eigenvalue weighted by molar-refractivity contribution is -0.140. The van der Waals surface area contributed by atoms with Gasteiger partial charge in [0.1, 0.15) is 0 Å². The summed E-state index contributed by atoms with van der Waals surface area (Å²) in [4.78, 5) is 15.5. The van der Waals surface area contributed by atoms with Gasteiger partial charge in [0.2, 0.25) is 5.91 Å². The number of fused-ring (bicyclic) bond motifs is 1. The number of amides is 1. The van der Waals surface area contributed by atoms with E-state index in [1.54, 1.807) is 0 Å². The van der Waals surface area contributed by atoms with E-state index in [9.17, 15) is 4.79 Å². The molecule has 3 nitrogen and oxygen atoms in total. The predicted octanol–water partition coefficient (Wildman–Crippen LogP) is 3.04. The summed E-state index contributed by atoms with van der Waals surface area (Å²) in [6.45, 7) is 0.663. The number of hydrogen-bond acceptors (Lipinski definition) is 2. The van der Waals surface area contributed by atoms with Crippen LogP contribution in [0.4, 0.5) is 0 Å². The van der Waals surface area contributed by atoms with Crippen LogP contribution in [0.5, 0.6) is 0 Å². The fourth-order valence-corrected chi connectivity index (χ4v) is 4.60. The number of benzene rings is 1. The van der Waals surface area contributed by atoms with Gasteiger partial charge in [0, 0.05) is 12.0 Å². The molecule has 0 saturated heterocycles. The van der Waals surface area contributed by atoms with Crippen molar-refractivity contribution >= 4 is 5.91 Å². The topological polar surface area (TPSA) is 46.3 Å². The van der Waals surface area contributed by atoms with Gasteiger partial charge in [-0.1, -0.05) is 30.7 Å². The van der Waals surface area contributed by atoms with Crippen LogP contribution in [0, 0.1) is 11.8 Å². The van der Waals surface area contributed by atoms with Crippen LogP contribution in [0.3, 0.4) is 0 Å². The zero-order valence-electron chi connectivity index (χ0n) is 13.2. The summed E-state index contributed by atoms with van der Waals surface area (Å²) >= 11 is 0. The van der Waals surface area contributed by atoms with Crippen LogP contribution < -0.4 is 5.73 Å². The van der Waals surface area contributed by atoms with Gasteiger partial charge >= 0.3 is 0 Å². The molecule has 1 aromatic rings. The van der Waals surface area contributed by atoms with E-state index in [1.807, 2.05) is 0 Å². The van der Waals surface area contributed by atoms with E-state index in [1.165, 1.54) is 24.0 Å². The quantitative estimate of drug-likeness (QED) is 0.928. The van der Waals surface area contributed by atoms with Gasteiger partial charge in [0.15, 0.2) is 0 Å². The van der Waals surface area contributed by atoms with E-state index in [0.717, 1.165) is 32.1 Å². The lowest BCUT2D eigenvalue weighted by Crippen LogP contribution is -2.42. The maximum absolute atomic E-state index is 13.3. The van der Waals surface area contributed by atoms with Gasteiger partial charge < -0.3 is 10.6 Å².